The average Bonchev–Trinajstić information content (AvgIpc) is 3.92. The molecule has 0 aliphatic carbocycles. The predicted molar refractivity (Wildman–Crippen MR) is 187 cm³/mol. The molecule has 0 saturated heterocycles. The van der Waals surface area contributed by atoms with Crippen molar-refractivity contribution in [3.8, 4) is 11.6 Å². The number of rotatable bonds is 16. The standard InChI is InChI=1S/C30H40N18O4/c1-7-9-11-19-23(39-41-25-17(29(49)51-5)15-33-45(25)3)27(35-31)47(43-19)21-13-14-22(38-37-21)48-28(36-32)24(20(44-48)12-10-8-2)40-42-26-18(30(50)52-6)16-34-46(26)4/h13-16,35-36H,7-12,31-32H2,1-6H3/b41-39+,42-40+. The molecular formula is C30H40N18O4. The van der Waals surface area contributed by atoms with Gasteiger partial charge in [0, 0.05) is 14.1 Å². The highest BCUT2D eigenvalue weighted by Gasteiger charge is 2.24. The van der Waals surface area contributed by atoms with Gasteiger partial charge in [-0.05, 0) is 37.8 Å². The van der Waals surface area contributed by atoms with E-state index in [-0.39, 0.29) is 34.4 Å². The fourth-order valence-electron chi connectivity index (χ4n) is 5.08. The zero-order chi connectivity index (χ0) is 37.4. The molecule has 5 aromatic heterocycles. The molecule has 52 heavy (non-hydrogen) atoms. The van der Waals surface area contributed by atoms with E-state index < -0.39 is 11.9 Å². The van der Waals surface area contributed by atoms with Gasteiger partial charge >= 0.3 is 11.9 Å². The maximum Gasteiger partial charge on any atom is 0.343 e. The second-order valence-corrected chi connectivity index (χ2v) is 11.3. The van der Waals surface area contributed by atoms with Crippen LogP contribution in [0.25, 0.3) is 11.6 Å². The summed E-state index contributed by atoms with van der Waals surface area (Å²) in [5, 5.41) is 44.0. The molecule has 0 aliphatic heterocycles. The number of carbonyl (C=O) groups is 2. The van der Waals surface area contributed by atoms with Crippen molar-refractivity contribution in [2.24, 2.45) is 46.2 Å². The third kappa shape index (κ3) is 7.36. The number of unbranched alkanes of at least 4 members (excludes halogenated alkanes) is 2. The smallest absolute Gasteiger partial charge is 0.343 e. The monoisotopic (exact) mass is 716 g/mol. The van der Waals surface area contributed by atoms with Crippen molar-refractivity contribution in [1.29, 1.82) is 0 Å². The van der Waals surface area contributed by atoms with Crippen LogP contribution in [0.4, 0.5) is 34.6 Å². The number of azo groups is 2. The number of hydrogen-bond acceptors (Lipinski definition) is 18. The van der Waals surface area contributed by atoms with Crippen LogP contribution < -0.4 is 22.5 Å². The Morgan fingerprint density at radius 3 is 1.44 bits per heavy atom. The molecule has 274 valence electrons. The Bertz CT molecular complexity index is 1940. The van der Waals surface area contributed by atoms with Gasteiger partial charge in [0.15, 0.2) is 46.3 Å². The summed E-state index contributed by atoms with van der Waals surface area (Å²) in [6.45, 7) is 4.11. The van der Waals surface area contributed by atoms with E-state index in [1.807, 2.05) is 0 Å². The van der Waals surface area contributed by atoms with Crippen molar-refractivity contribution < 1.29 is 19.1 Å². The van der Waals surface area contributed by atoms with Gasteiger partial charge in [0.2, 0.25) is 0 Å². The first-order valence-corrected chi connectivity index (χ1v) is 16.3. The quantitative estimate of drug-likeness (QED) is 0.0487. The molecule has 0 spiro atoms. The second kappa shape index (κ2) is 16.5. The summed E-state index contributed by atoms with van der Waals surface area (Å²) in [6.07, 6.45) is 7.25. The highest BCUT2D eigenvalue weighted by Crippen LogP contribution is 2.36. The molecule has 0 bridgehead atoms. The molecule has 22 heteroatoms. The molecule has 0 amide bonds. The van der Waals surface area contributed by atoms with Gasteiger partial charge in [-0.15, -0.1) is 30.7 Å². The van der Waals surface area contributed by atoms with E-state index >= 15 is 0 Å². The first-order valence-electron chi connectivity index (χ1n) is 16.3. The summed E-state index contributed by atoms with van der Waals surface area (Å²) in [5.74, 6) is 12.4. The normalized spacial score (nSPS) is 11.5. The van der Waals surface area contributed by atoms with Crippen LogP contribution in [0.1, 0.15) is 71.6 Å². The van der Waals surface area contributed by atoms with Crippen LogP contribution in [-0.2, 0) is 36.4 Å². The van der Waals surface area contributed by atoms with E-state index in [4.69, 9.17) is 31.4 Å². The molecule has 0 atom stereocenters. The summed E-state index contributed by atoms with van der Waals surface area (Å²) in [7, 11) is 5.81. The summed E-state index contributed by atoms with van der Waals surface area (Å²) in [5.41, 5.74) is 7.48. The largest absolute Gasteiger partial charge is 0.465 e. The first kappa shape index (κ1) is 36.9. The molecule has 0 saturated carbocycles. The van der Waals surface area contributed by atoms with Crippen LogP contribution in [0.2, 0.25) is 0 Å². The number of aromatic nitrogens is 10. The van der Waals surface area contributed by atoms with E-state index in [1.165, 1.54) is 45.3 Å². The van der Waals surface area contributed by atoms with Crippen LogP contribution in [-0.4, -0.2) is 75.5 Å². The number of anilines is 2. The van der Waals surface area contributed by atoms with Crippen molar-refractivity contribution in [1.82, 2.24) is 49.3 Å². The van der Waals surface area contributed by atoms with Crippen LogP contribution in [0.5, 0.6) is 0 Å². The molecule has 5 rings (SSSR count). The predicted octanol–water partition coefficient (Wildman–Crippen LogP) is 3.98. The number of ether oxygens (including phenoxy) is 2. The number of methoxy groups -OCH3 is 2. The number of nitrogen functional groups attached to an aromatic ring is 2. The van der Waals surface area contributed by atoms with E-state index in [0.29, 0.717) is 47.2 Å². The average molecular weight is 717 g/mol. The molecule has 5 heterocycles. The van der Waals surface area contributed by atoms with Crippen molar-refractivity contribution >= 4 is 46.6 Å². The molecule has 0 radical (unpaired) electrons. The Hall–Kier alpha value is -6.42. The molecule has 0 aliphatic rings. The number of hydrazine groups is 2. The molecule has 0 unspecified atom stereocenters. The highest BCUT2D eigenvalue weighted by molar-refractivity contribution is 5.94. The molecular weight excluding hydrogens is 676 g/mol. The Morgan fingerprint density at radius 2 is 1.12 bits per heavy atom. The lowest BCUT2D eigenvalue weighted by Gasteiger charge is -2.08. The minimum absolute atomic E-state index is 0.148. The van der Waals surface area contributed by atoms with Crippen LogP contribution in [0, 0.1) is 0 Å². The Kier molecular flexibility index (Phi) is 11.7. The van der Waals surface area contributed by atoms with Gasteiger partial charge in [0.25, 0.3) is 0 Å². The van der Waals surface area contributed by atoms with Crippen molar-refractivity contribution in [3.05, 3.63) is 47.0 Å². The van der Waals surface area contributed by atoms with Gasteiger partial charge in [-0.3, -0.25) is 0 Å². The number of hydrogen-bond donors (Lipinski definition) is 4. The van der Waals surface area contributed by atoms with Crippen LogP contribution in [0.3, 0.4) is 0 Å². The first-order chi connectivity index (χ1) is 25.2. The fraction of sp³-hybridized carbons (Fsp3) is 0.400. The Morgan fingerprint density at radius 1 is 0.712 bits per heavy atom. The highest BCUT2D eigenvalue weighted by atomic mass is 16.5. The molecule has 0 aromatic carbocycles. The minimum atomic E-state index is -0.601. The van der Waals surface area contributed by atoms with Crippen LogP contribution in [0.15, 0.2) is 45.0 Å². The minimum Gasteiger partial charge on any atom is -0.465 e. The lowest BCUT2D eigenvalue weighted by atomic mass is 10.2. The van der Waals surface area contributed by atoms with E-state index in [1.54, 1.807) is 26.2 Å². The van der Waals surface area contributed by atoms with Crippen molar-refractivity contribution in [2.45, 2.75) is 52.4 Å². The van der Waals surface area contributed by atoms with Gasteiger partial charge < -0.3 is 20.3 Å². The summed E-state index contributed by atoms with van der Waals surface area (Å²) < 4.78 is 15.4. The van der Waals surface area contributed by atoms with Crippen LogP contribution >= 0.6 is 0 Å². The lowest BCUT2D eigenvalue weighted by molar-refractivity contribution is 0.0592. The van der Waals surface area contributed by atoms with Crippen molar-refractivity contribution in [3.63, 3.8) is 0 Å². The van der Waals surface area contributed by atoms with E-state index in [9.17, 15) is 9.59 Å². The van der Waals surface area contributed by atoms with Gasteiger partial charge in [-0.25, -0.2) is 30.6 Å². The van der Waals surface area contributed by atoms with Gasteiger partial charge in [0.1, 0.15) is 11.1 Å². The van der Waals surface area contributed by atoms with Crippen molar-refractivity contribution in [2.75, 3.05) is 25.1 Å². The maximum atomic E-state index is 12.3. The number of nitrogens with zero attached hydrogens (tertiary/aromatic N) is 14. The topological polar surface area (TPSA) is 275 Å². The second-order valence-electron chi connectivity index (χ2n) is 11.3. The third-order valence-corrected chi connectivity index (χ3v) is 7.85. The third-order valence-electron chi connectivity index (χ3n) is 7.85. The van der Waals surface area contributed by atoms with Gasteiger partial charge in [-0.1, -0.05) is 26.7 Å². The van der Waals surface area contributed by atoms with E-state index in [2.05, 4.69) is 65.6 Å². The Balaban J connectivity index is 1.54. The molecule has 22 nitrogen and oxygen atoms in total. The SMILES string of the molecule is CCCCc1nn(-c2ccc(-n3nc(CCCC)c(/N=N/c4c(C(=O)OC)cnn4C)c3NN)nn2)c(NN)c1/N=N/c1c(C(=O)OC)cnn1C. The molecule has 0 fully saturated rings. The number of esters is 2. The zero-order valence-electron chi connectivity index (χ0n) is 29.6. The Labute approximate surface area is 297 Å². The lowest BCUT2D eigenvalue weighted by Crippen LogP contribution is -2.15. The van der Waals surface area contributed by atoms with Gasteiger partial charge in [-0.2, -0.15) is 29.8 Å². The number of carbonyl (C=O) groups excluding carboxylic acids is 2. The maximum absolute atomic E-state index is 12.3. The van der Waals surface area contributed by atoms with E-state index in [0.717, 1.165) is 25.7 Å². The molecule has 5 aromatic rings. The summed E-state index contributed by atoms with van der Waals surface area (Å²) in [4.78, 5) is 24.5. The summed E-state index contributed by atoms with van der Waals surface area (Å²) in [6, 6.07) is 3.34. The fourth-order valence-corrected chi connectivity index (χ4v) is 5.08. The number of nitrogens with two attached hydrogens (primary N) is 2. The number of nitrogens with one attached hydrogen (secondary N) is 2. The summed E-state index contributed by atoms with van der Waals surface area (Å²) >= 11 is 0. The number of aryl methyl sites for hydroxylation is 4. The van der Waals surface area contributed by atoms with Gasteiger partial charge in [0.05, 0.1) is 38.0 Å². The zero-order valence-corrected chi connectivity index (χ0v) is 29.6. The molecule has 6 N–H and O–H groups in total.